The Balaban J connectivity index is 1.77. The number of benzene rings is 1. The summed E-state index contributed by atoms with van der Waals surface area (Å²) in [6.45, 7) is 5.11. The second-order valence-electron chi connectivity index (χ2n) is 7.21. The maximum atomic E-state index is 12.6. The molecule has 0 saturated heterocycles. The lowest BCUT2D eigenvalue weighted by molar-refractivity contribution is -0.139. The van der Waals surface area contributed by atoms with Crippen LogP contribution in [0.25, 0.3) is 17.0 Å². The molecule has 0 aliphatic rings. The lowest BCUT2D eigenvalue weighted by Crippen LogP contribution is -2.08. The van der Waals surface area contributed by atoms with Crippen LogP contribution in [0.1, 0.15) is 22.5 Å². The van der Waals surface area contributed by atoms with Crippen LogP contribution in [-0.4, -0.2) is 35.5 Å². The fraction of sp³-hybridized carbons (Fsp3) is 0.292. The normalized spacial score (nSPS) is 11.6. The van der Waals surface area contributed by atoms with Crippen molar-refractivity contribution < 1.29 is 14.3 Å². The van der Waals surface area contributed by atoms with Gasteiger partial charge in [0.1, 0.15) is 23.4 Å². The molecule has 8 heteroatoms. The largest absolute Gasteiger partial charge is 0.457 e. The van der Waals surface area contributed by atoms with Gasteiger partial charge in [-0.25, -0.2) is 9.78 Å². The van der Waals surface area contributed by atoms with E-state index in [0.29, 0.717) is 18.7 Å². The number of aryl methyl sites for hydroxylation is 1. The topological polar surface area (TPSA) is 77.1 Å². The molecule has 0 amide bonds. The third-order valence-electron chi connectivity index (χ3n) is 5.18. The molecule has 1 aromatic carbocycles. The van der Waals surface area contributed by atoms with Crippen molar-refractivity contribution in [3.63, 3.8) is 0 Å². The monoisotopic (exact) mass is 469 g/mol. The molecule has 0 aliphatic carbocycles. The van der Waals surface area contributed by atoms with E-state index < -0.39 is 5.97 Å². The van der Waals surface area contributed by atoms with Gasteiger partial charge >= 0.3 is 5.97 Å². The number of nitrogens with zero attached hydrogens (tertiary/aromatic N) is 3. The highest BCUT2D eigenvalue weighted by Gasteiger charge is 2.15. The van der Waals surface area contributed by atoms with E-state index in [9.17, 15) is 10.1 Å². The number of fused-ring (bicyclic) bond motifs is 1. The smallest absolute Gasteiger partial charge is 0.349 e. The zero-order valence-electron chi connectivity index (χ0n) is 18.4. The minimum atomic E-state index is -0.705. The summed E-state index contributed by atoms with van der Waals surface area (Å²) in [6.07, 6.45) is 3.55. The summed E-state index contributed by atoms with van der Waals surface area (Å²) in [7, 11) is 1.65. The van der Waals surface area contributed by atoms with Crippen LogP contribution in [0.5, 0.6) is 0 Å². The van der Waals surface area contributed by atoms with Crippen molar-refractivity contribution in [3.05, 3.63) is 63.6 Å². The van der Waals surface area contributed by atoms with Gasteiger partial charge in [-0.2, -0.15) is 5.26 Å². The molecule has 2 aromatic heterocycles. The number of rotatable bonds is 8. The van der Waals surface area contributed by atoms with E-state index in [1.54, 1.807) is 24.9 Å². The first-order chi connectivity index (χ1) is 15.4. The number of pyridine rings is 1. The Morgan fingerprint density at radius 1 is 1.31 bits per heavy atom. The highest BCUT2D eigenvalue weighted by Crippen LogP contribution is 2.26. The molecule has 166 valence electrons. The predicted octanol–water partition coefficient (Wildman–Crippen LogP) is 5.33. The number of thioether (sulfide) groups is 1. The van der Waals surface area contributed by atoms with Gasteiger partial charge in [0, 0.05) is 40.9 Å². The van der Waals surface area contributed by atoms with Gasteiger partial charge in [-0.3, -0.25) is 0 Å². The van der Waals surface area contributed by atoms with Crippen molar-refractivity contribution in [1.82, 2.24) is 9.55 Å². The number of carbonyl (C=O) groups excluding carboxylic acids is 1. The molecular formula is C24H24ClN3O3S. The summed E-state index contributed by atoms with van der Waals surface area (Å²) in [5.41, 5.74) is 4.05. The predicted molar refractivity (Wildman–Crippen MR) is 128 cm³/mol. The van der Waals surface area contributed by atoms with Gasteiger partial charge < -0.3 is 14.0 Å². The van der Waals surface area contributed by atoms with Crippen LogP contribution in [0.4, 0.5) is 0 Å². The lowest BCUT2D eigenvalue weighted by Gasteiger charge is -2.09. The van der Waals surface area contributed by atoms with Crippen molar-refractivity contribution in [3.8, 4) is 6.07 Å². The number of methoxy groups -OCH3 is 1. The highest BCUT2D eigenvalue weighted by molar-refractivity contribution is 7.98. The molecule has 6 nitrogen and oxygen atoms in total. The Hall–Kier alpha value is -2.79. The van der Waals surface area contributed by atoms with Gasteiger partial charge in [-0.15, -0.1) is 11.8 Å². The zero-order valence-corrected chi connectivity index (χ0v) is 20.0. The Morgan fingerprint density at radius 2 is 2.09 bits per heavy atom. The van der Waals surface area contributed by atoms with E-state index >= 15 is 0 Å². The number of nitriles is 1. The molecule has 0 bridgehead atoms. The Bertz CT molecular complexity index is 1230. The van der Waals surface area contributed by atoms with Crippen molar-refractivity contribution in [2.75, 3.05) is 20.0 Å². The number of carbonyl (C=O) groups is 1. The average molecular weight is 470 g/mol. The van der Waals surface area contributed by atoms with Crippen molar-refractivity contribution >= 4 is 46.3 Å². The van der Waals surface area contributed by atoms with Gasteiger partial charge in [0.25, 0.3) is 0 Å². The fourth-order valence-corrected chi connectivity index (χ4v) is 4.04. The molecule has 3 aromatic rings. The van der Waals surface area contributed by atoms with Crippen molar-refractivity contribution in [1.29, 1.82) is 5.26 Å². The molecule has 0 N–H and O–H groups in total. The standard InChI is InChI=1S/C24H24ClN3O3S/c1-15-9-18(16(2)28(15)7-8-30-3)11-19(13-26)24(29)31-14-20-10-17-5-6-21(32-4)12-22(17)27-23(20)25/h5-6,9-12H,7-8,14H2,1-4H3/b19-11+. The molecule has 0 unspecified atom stereocenters. The lowest BCUT2D eigenvalue weighted by atomic mass is 10.1. The molecule has 0 aliphatic heterocycles. The first kappa shape index (κ1) is 23.9. The van der Waals surface area contributed by atoms with E-state index in [4.69, 9.17) is 21.1 Å². The zero-order chi connectivity index (χ0) is 23.3. The molecule has 3 rings (SSSR count). The van der Waals surface area contributed by atoms with Crippen LogP contribution in [0.15, 0.2) is 40.8 Å². The number of hydrogen-bond acceptors (Lipinski definition) is 6. The van der Waals surface area contributed by atoms with Gasteiger partial charge in [0.15, 0.2) is 0 Å². The number of halogens is 1. The van der Waals surface area contributed by atoms with Crippen LogP contribution in [-0.2, 0) is 27.4 Å². The highest BCUT2D eigenvalue weighted by atomic mass is 35.5. The fourth-order valence-electron chi connectivity index (χ4n) is 3.41. The summed E-state index contributed by atoms with van der Waals surface area (Å²) in [5.74, 6) is -0.705. The summed E-state index contributed by atoms with van der Waals surface area (Å²) < 4.78 is 12.6. The number of aromatic nitrogens is 2. The van der Waals surface area contributed by atoms with Crippen LogP contribution in [0, 0.1) is 25.2 Å². The first-order valence-corrected chi connectivity index (χ1v) is 11.6. The Kier molecular flexibility index (Phi) is 7.97. The Morgan fingerprint density at radius 3 is 2.78 bits per heavy atom. The second kappa shape index (κ2) is 10.7. The molecule has 0 radical (unpaired) electrons. The van der Waals surface area contributed by atoms with E-state index in [1.807, 2.05) is 56.5 Å². The van der Waals surface area contributed by atoms with Crippen molar-refractivity contribution in [2.45, 2.75) is 31.9 Å². The SMILES string of the molecule is COCCn1c(C)cc(/C=C(\C#N)C(=O)OCc2cc3ccc(SC)cc3nc2Cl)c1C. The van der Waals surface area contributed by atoms with E-state index in [2.05, 4.69) is 9.55 Å². The summed E-state index contributed by atoms with van der Waals surface area (Å²) in [6, 6.07) is 11.6. The van der Waals surface area contributed by atoms with E-state index in [0.717, 1.165) is 32.7 Å². The van der Waals surface area contributed by atoms with Crippen LogP contribution < -0.4 is 0 Å². The van der Waals surface area contributed by atoms with Crippen LogP contribution >= 0.6 is 23.4 Å². The third-order valence-corrected chi connectivity index (χ3v) is 6.23. The van der Waals surface area contributed by atoms with E-state index in [-0.39, 0.29) is 17.3 Å². The summed E-state index contributed by atoms with van der Waals surface area (Å²) in [4.78, 5) is 18.1. The minimum Gasteiger partial charge on any atom is -0.457 e. The maximum Gasteiger partial charge on any atom is 0.349 e. The number of ether oxygens (including phenoxy) is 2. The van der Waals surface area contributed by atoms with E-state index in [1.165, 1.54) is 0 Å². The number of hydrogen-bond donors (Lipinski definition) is 0. The molecule has 0 atom stereocenters. The van der Waals surface area contributed by atoms with Gasteiger partial charge in [-0.05, 0) is 56.0 Å². The van der Waals surface area contributed by atoms with Crippen molar-refractivity contribution in [2.24, 2.45) is 0 Å². The van der Waals surface area contributed by atoms with Crippen LogP contribution in [0.2, 0.25) is 5.15 Å². The molecule has 32 heavy (non-hydrogen) atoms. The molecule has 0 saturated carbocycles. The van der Waals surface area contributed by atoms with Gasteiger partial charge in [-0.1, -0.05) is 17.7 Å². The van der Waals surface area contributed by atoms with Gasteiger partial charge in [0.05, 0.1) is 12.1 Å². The maximum absolute atomic E-state index is 12.6. The molecule has 0 spiro atoms. The molecule has 0 fully saturated rings. The van der Waals surface area contributed by atoms with Crippen LogP contribution in [0.3, 0.4) is 0 Å². The summed E-state index contributed by atoms with van der Waals surface area (Å²) in [5, 5.41) is 10.7. The quantitative estimate of drug-likeness (QED) is 0.146. The summed E-state index contributed by atoms with van der Waals surface area (Å²) >= 11 is 7.93. The average Bonchev–Trinajstić information content (AvgIpc) is 3.05. The Labute approximate surface area is 196 Å². The van der Waals surface area contributed by atoms with Gasteiger partial charge in [0.2, 0.25) is 0 Å². The number of esters is 1. The third kappa shape index (κ3) is 5.33. The molecule has 2 heterocycles. The molecular weight excluding hydrogens is 446 g/mol. The second-order valence-corrected chi connectivity index (χ2v) is 8.45. The minimum absolute atomic E-state index is 0.0727. The first-order valence-electron chi connectivity index (χ1n) is 9.95.